The maximum atomic E-state index is 13.8. The van der Waals surface area contributed by atoms with Crippen LogP contribution < -0.4 is 9.64 Å². The van der Waals surface area contributed by atoms with Gasteiger partial charge in [-0.2, -0.15) is 9.97 Å². The number of anilines is 1. The van der Waals surface area contributed by atoms with Crippen molar-refractivity contribution in [3.05, 3.63) is 47.7 Å². The average Bonchev–Trinajstić information content (AvgIpc) is 3.25. The standard InChI is InChI=1S/C20H23FN6O2/c1-13-4-5-15(12-16(13)21)18-24-19(29-25-18)14(2)26-8-10-27(11-9-26)20-22-7-6-17(23-20)28-3/h4-7,12,14H,8-11H2,1-3H3. The van der Waals surface area contributed by atoms with Crippen molar-refractivity contribution in [1.82, 2.24) is 25.0 Å². The van der Waals surface area contributed by atoms with Gasteiger partial charge in [0.2, 0.25) is 23.5 Å². The monoisotopic (exact) mass is 398 g/mol. The Bertz CT molecular complexity index is 987. The van der Waals surface area contributed by atoms with E-state index in [1.54, 1.807) is 38.4 Å². The van der Waals surface area contributed by atoms with E-state index in [0.717, 1.165) is 26.2 Å². The van der Waals surface area contributed by atoms with E-state index in [9.17, 15) is 4.39 Å². The summed E-state index contributed by atoms with van der Waals surface area (Å²) >= 11 is 0. The Morgan fingerprint density at radius 2 is 1.93 bits per heavy atom. The molecule has 8 nitrogen and oxygen atoms in total. The van der Waals surface area contributed by atoms with E-state index in [0.29, 0.717) is 34.7 Å². The summed E-state index contributed by atoms with van der Waals surface area (Å²) in [5.41, 5.74) is 1.19. The van der Waals surface area contributed by atoms with Crippen LogP contribution >= 0.6 is 0 Å². The number of hydrogen-bond donors (Lipinski definition) is 0. The molecule has 3 heterocycles. The highest BCUT2D eigenvalue weighted by molar-refractivity contribution is 5.55. The number of nitrogens with zero attached hydrogens (tertiary/aromatic N) is 6. The van der Waals surface area contributed by atoms with E-state index in [1.165, 1.54) is 6.07 Å². The van der Waals surface area contributed by atoms with E-state index < -0.39 is 0 Å². The summed E-state index contributed by atoms with van der Waals surface area (Å²) in [6.45, 7) is 6.92. The topological polar surface area (TPSA) is 80.4 Å². The molecular formula is C20H23FN6O2. The maximum Gasteiger partial charge on any atom is 0.244 e. The number of methoxy groups -OCH3 is 1. The SMILES string of the molecule is COc1ccnc(N2CCN(C(C)c3nc(-c4ccc(C)c(F)c4)no3)CC2)n1. The number of aromatic nitrogens is 4. The predicted octanol–water partition coefficient (Wildman–Crippen LogP) is 2.87. The molecule has 9 heteroatoms. The van der Waals surface area contributed by atoms with Crippen molar-refractivity contribution in [3.8, 4) is 17.3 Å². The van der Waals surface area contributed by atoms with Crippen LogP contribution in [0.3, 0.4) is 0 Å². The van der Waals surface area contributed by atoms with Gasteiger partial charge in [0.15, 0.2) is 0 Å². The smallest absolute Gasteiger partial charge is 0.244 e. The maximum absolute atomic E-state index is 13.8. The molecular weight excluding hydrogens is 375 g/mol. The van der Waals surface area contributed by atoms with Crippen molar-refractivity contribution in [2.75, 3.05) is 38.2 Å². The van der Waals surface area contributed by atoms with Gasteiger partial charge in [-0.25, -0.2) is 9.37 Å². The van der Waals surface area contributed by atoms with Crippen molar-refractivity contribution in [2.24, 2.45) is 0 Å². The molecule has 1 unspecified atom stereocenters. The van der Waals surface area contributed by atoms with Gasteiger partial charge in [0.05, 0.1) is 13.2 Å². The van der Waals surface area contributed by atoms with Crippen molar-refractivity contribution >= 4 is 5.95 Å². The molecule has 4 rings (SSSR count). The van der Waals surface area contributed by atoms with E-state index in [4.69, 9.17) is 9.26 Å². The minimum atomic E-state index is -0.280. The molecule has 1 aliphatic rings. The third-order valence-corrected chi connectivity index (χ3v) is 5.20. The molecule has 1 saturated heterocycles. The zero-order valence-corrected chi connectivity index (χ0v) is 16.7. The van der Waals surface area contributed by atoms with Crippen molar-refractivity contribution in [3.63, 3.8) is 0 Å². The van der Waals surface area contributed by atoms with Crippen LogP contribution in [0.15, 0.2) is 35.0 Å². The predicted molar refractivity (Wildman–Crippen MR) is 105 cm³/mol. The lowest BCUT2D eigenvalue weighted by Crippen LogP contribution is -2.47. The van der Waals surface area contributed by atoms with Crippen molar-refractivity contribution < 1.29 is 13.7 Å². The van der Waals surface area contributed by atoms with Crippen LogP contribution in [-0.4, -0.2) is 58.3 Å². The van der Waals surface area contributed by atoms with Gasteiger partial charge in [-0.3, -0.25) is 4.90 Å². The second kappa shape index (κ2) is 8.12. The third kappa shape index (κ3) is 4.04. The number of benzene rings is 1. The number of hydrogen-bond acceptors (Lipinski definition) is 8. The Morgan fingerprint density at radius 1 is 1.14 bits per heavy atom. The molecule has 0 bridgehead atoms. The highest BCUT2D eigenvalue weighted by Crippen LogP contribution is 2.25. The lowest BCUT2D eigenvalue weighted by Gasteiger charge is -2.36. The van der Waals surface area contributed by atoms with Gasteiger partial charge < -0.3 is 14.2 Å². The molecule has 1 fully saturated rings. The molecule has 29 heavy (non-hydrogen) atoms. The molecule has 152 valence electrons. The molecule has 0 spiro atoms. The molecule has 0 saturated carbocycles. The molecule has 1 aliphatic heterocycles. The van der Waals surface area contributed by atoms with Crippen LogP contribution in [0.5, 0.6) is 5.88 Å². The Balaban J connectivity index is 1.41. The van der Waals surface area contributed by atoms with E-state index in [1.807, 2.05) is 6.92 Å². The summed E-state index contributed by atoms with van der Waals surface area (Å²) in [5, 5.41) is 4.03. The van der Waals surface area contributed by atoms with Gasteiger partial charge in [-0.15, -0.1) is 0 Å². The molecule has 0 aliphatic carbocycles. The third-order valence-electron chi connectivity index (χ3n) is 5.20. The molecule has 0 amide bonds. The molecule has 0 N–H and O–H groups in total. The van der Waals surface area contributed by atoms with Crippen LogP contribution in [0.25, 0.3) is 11.4 Å². The van der Waals surface area contributed by atoms with Crippen LogP contribution in [0.1, 0.15) is 24.4 Å². The van der Waals surface area contributed by atoms with Gasteiger partial charge in [-0.1, -0.05) is 17.3 Å². The number of aryl methyl sites for hydroxylation is 1. The summed E-state index contributed by atoms with van der Waals surface area (Å²) in [6.07, 6.45) is 1.70. The fourth-order valence-electron chi connectivity index (χ4n) is 3.32. The normalized spacial score (nSPS) is 16.1. The molecule has 3 aromatic rings. The molecule has 1 aromatic carbocycles. The minimum Gasteiger partial charge on any atom is -0.481 e. The van der Waals surface area contributed by atoms with E-state index in [2.05, 4.69) is 29.9 Å². The first kappa shape index (κ1) is 19.3. The lowest BCUT2D eigenvalue weighted by molar-refractivity contribution is 0.163. The number of ether oxygens (including phenoxy) is 1. The Labute approximate surface area is 168 Å². The molecule has 0 radical (unpaired) electrons. The Kier molecular flexibility index (Phi) is 5.39. The van der Waals surface area contributed by atoms with E-state index in [-0.39, 0.29) is 11.9 Å². The second-order valence-electron chi connectivity index (χ2n) is 7.02. The Morgan fingerprint density at radius 3 is 2.66 bits per heavy atom. The van der Waals surface area contributed by atoms with Crippen LogP contribution in [0.4, 0.5) is 10.3 Å². The molecule has 1 atom stereocenters. The van der Waals surface area contributed by atoms with Crippen LogP contribution in [0, 0.1) is 12.7 Å². The highest BCUT2D eigenvalue weighted by atomic mass is 19.1. The average molecular weight is 398 g/mol. The van der Waals surface area contributed by atoms with Crippen molar-refractivity contribution in [1.29, 1.82) is 0 Å². The summed E-state index contributed by atoms with van der Waals surface area (Å²) in [6, 6.07) is 6.63. The zero-order chi connectivity index (χ0) is 20.4. The summed E-state index contributed by atoms with van der Waals surface area (Å²) in [7, 11) is 1.59. The Hall–Kier alpha value is -3.07. The first-order valence-electron chi connectivity index (χ1n) is 9.51. The largest absolute Gasteiger partial charge is 0.481 e. The second-order valence-corrected chi connectivity index (χ2v) is 7.02. The quantitative estimate of drug-likeness (QED) is 0.649. The number of rotatable bonds is 5. The van der Waals surface area contributed by atoms with Gasteiger partial charge in [-0.05, 0) is 25.5 Å². The first-order chi connectivity index (χ1) is 14.0. The number of halogens is 1. The van der Waals surface area contributed by atoms with Gasteiger partial charge in [0.25, 0.3) is 0 Å². The molecule has 2 aromatic heterocycles. The first-order valence-corrected chi connectivity index (χ1v) is 9.51. The summed E-state index contributed by atoms with van der Waals surface area (Å²) < 4.78 is 24.5. The zero-order valence-electron chi connectivity index (χ0n) is 16.7. The minimum absolute atomic E-state index is 0.0417. The fourth-order valence-corrected chi connectivity index (χ4v) is 3.32. The van der Waals surface area contributed by atoms with Gasteiger partial charge in [0, 0.05) is 44.0 Å². The van der Waals surface area contributed by atoms with Crippen LogP contribution in [0.2, 0.25) is 0 Å². The summed E-state index contributed by atoms with van der Waals surface area (Å²) in [5.74, 6) is 1.86. The summed E-state index contributed by atoms with van der Waals surface area (Å²) in [4.78, 5) is 17.6. The van der Waals surface area contributed by atoms with Gasteiger partial charge >= 0.3 is 0 Å². The van der Waals surface area contributed by atoms with Gasteiger partial charge in [0.1, 0.15) is 5.82 Å². The van der Waals surface area contributed by atoms with E-state index >= 15 is 0 Å². The fraction of sp³-hybridized carbons (Fsp3) is 0.400. The lowest BCUT2D eigenvalue weighted by atomic mass is 10.1. The highest BCUT2D eigenvalue weighted by Gasteiger charge is 2.27. The van der Waals surface area contributed by atoms with Crippen LogP contribution in [-0.2, 0) is 0 Å². The van der Waals surface area contributed by atoms with Crippen molar-refractivity contribution in [2.45, 2.75) is 19.9 Å². The number of piperazine rings is 1.